The van der Waals surface area contributed by atoms with Gasteiger partial charge in [-0.05, 0) is 49.2 Å². The van der Waals surface area contributed by atoms with Gasteiger partial charge in [0.2, 0.25) is 21.7 Å². The Morgan fingerprint density at radius 2 is 1.87 bits per heavy atom. The molecule has 1 N–H and O–H groups in total. The maximum Gasteiger partial charge on any atom is 0.251 e. The summed E-state index contributed by atoms with van der Waals surface area (Å²) >= 11 is 3.39. The summed E-state index contributed by atoms with van der Waals surface area (Å²) in [7, 11) is -3.50. The van der Waals surface area contributed by atoms with Crippen molar-refractivity contribution in [1.29, 1.82) is 0 Å². The highest BCUT2D eigenvalue weighted by Gasteiger charge is 2.27. The second-order valence-electron chi connectivity index (χ2n) is 6.84. The van der Waals surface area contributed by atoms with Crippen molar-refractivity contribution in [1.82, 2.24) is 19.8 Å². The fourth-order valence-electron chi connectivity index (χ4n) is 3.19. The molecule has 0 atom stereocenters. The average molecular weight is 491 g/mol. The number of benzene rings is 2. The van der Waals surface area contributed by atoms with Crippen LogP contribution in [0.3, 0.4) is 0 Å². The van der Waals surface area contributed by atoms with Crippen LogP contribution in [0.5, 0.6) is 0 Å². The van der Waals surface area contributed by atoms with E-state index in [1.165, 1.54) is 28.6 Å². The first-order chi connectivity index (χ1) is 14.4. The lowest BCUT2D eigenvalue weighted by Crippen LogP contribution is -2.28. The lowest BCUT2D eigenvalue weighted by Gasteiger charge is -2.15. The number of aromatic nitrogens is 2. The second kappa shape index (κ2) is 8.66. The number of hydrogen-bond acceptors (Lipinski definition) is 6. The molecule has 0 aliphatic carbocycles. The first kappa shape index (κ1) is 20.7. The highest BCUT2D eigenvalue weighted by atomic mass is 79.9. The molecular weight excluding hydrogens is 472 g/mol. The van der Waals surface area contributed by atoms with Crippen molar-refractivity contribution < 1.29 is 17.7 Å². The van der Waals surface area contributed by atoms with Gasteiger partial charge in [0.15, 0.2) is 0 Å². The topological polar surface area (TPSA) is 105 Å². The highest BCUT2D eigenvalue weighted by molar-refractivity contribution is 9.10. The van der Waals surface area contributed by atoms with E-state index in [2.05, 4.69) is 31.4 Å². The summed E-state index contributed by atoms with van der Waals surface area (Å²) in [5.41, 5.74) is 1.14. The first-order valence-corrected chi connectivity index (χ1v) is 11.6. The molecule has 1 saturated heterocycles. The number of sulfonamides is 1. The maximum absolute atomic E-state index is 12.6. The summed E-state index contributed by atoms with van der Waals surface area (Å²) in [4.78, 5) is 16.9. The molecule has 4 rings (SSSR count). The predicted molar refractivity (Wildman–Crippen MR) is 113 cm³/mol. The van der Waals surface area contributed by atoms with Crippen LogP contribution in [0.2, 0.25) is 0 Å². The van der Waals surface area contributed by atoms with E-state index in [1.54, 1.807) is 0 Å². The van der Waals surface area contributed by atoms with Crippen LogP contribution in [0, 0.1) is 0 Å². The van der Waals surface area contributed by atoms with Crippen molar-refractivity contribution in [3.05, 3.63) is 64.5 Å². The number of hydrogen-bond donors (Lipinski definition) is 1. The molecule has 10 heteroatoms. The average Bonchev–Trinajstić information content (AvgIpc) is 3.45. The van der Waals surface area contributed by atoms with Gasteiger partial charge in [0, 0.05) is 28.7 Å². The van der Waals surface area contributed by atoms with Crippen LogP contribution in [-0.2, 0) is 16.6 Å². The zero-order valence-corrected chi connectivity index (χ0v) is 18.3. The van der Waals surface area contributed by atoms with Gasteiger partial charge in [-0.2, -0.15) is 9.29 Å². The molecule has 30 heavy (non-hydrogen) atoms. The summed E-state index contributed by atoms with van der Waals surface area (Å²) in [5.74, 6) is 0.339. The molecule has 1 aliphatic rings. The molecule has 1 aliphatic heterocycles. The fraction of sp³-hybridized carbons (Fsp3) is 0.250. The normalized spacial score (nSPS) is 14.7. The molecule has 1 fully saturated rings. The Kier molecular flexibility index (Phi) is 5.98. The van der Waals surface area contributed by atoms with E-state index in [0.717, 1.165) is 22.9 Å². The van der Waals surface area contributed by atoms with Crippen molar-refractivity contribution in [2.75, 3.05) is 13.1 Å². The van der Waals surface area contributed by atoms with Crippen molar-refractivity contribution in [2.45, 2.75) is 24.3 Å². The molecule has 2 heterocycles. The van der Waals surface area contributed by atoms with Crippen molar-refractivity contribution >= 4 is 31.9 Å². The van der Waals surface area contributed by atoms with Gasteiger partial charge in [-0.1, -0.05) is 33.2 Å². The molecule has 0 spiro atoms. The maximum atomic E-state index is 12.6. The van der Waals surface area contributed by atoms with Gasteiger partial charge in [-0.3, -0.25) is 4.79 Å². The van der Waals surface area contributed by atoms with Crippen molar-refractivity contribution in [3.63, 3.8) is 0 Å². The van der Waals surface area contributed by atoms with E-state index >= 15 is 0 Å². The van der Waals surface area contributed by atoms with Crippen LogP contribution in [0.25, 0.3) is 11.4 Å². The molecule has 2 aromatic carbocycles. The molecule has 0 radical (unpaired) electrons. The summed E-state index contributed by atoms with van der Waals surface area (Å²) in [6, 6.07) is 13.4. The SMILES string of the molecule is O=C(NCc1nc(-c2cccc(Br)c2)no1)c1ccc(S(=O)(=O)N2CCCC2)cc1. The lowest BCUT2D eigenvalue weighted by molar-refractivity contribution is 0.0946. The Labute approximate surface area is 182 Å². The first-order valence-electron chi connectivity index (χ1n) is 9.40. The highest BCUT2D eigenvalue weighted by Crippen LogP contribution is 2.22. The number of nitrogens with zero attached hydrogens (tertiary/aromatic N) is 3. The minimum atomic E-state index is -3.50. The predicted octanol–water partition coefficient (Wildman–Crippen LogP) is 3.21. The minimum absolute atomic E-state index is 0.0632. The summed E-state index contributed by atoms with van der Waals surface area (Å²) < 4.78 is 32.7. The van der Waals surface area contributed by atoms with Crippen LogP contribution in [0.4, 0.5) is 0 Å². The molecule has 0 unspecified atom stereocenters. The fourth-order valence-corrected chi connectivity index (χ4v) is 5.10. The zero-order valence-electron chi connectivity index (χ0n) is 15.9. The number of carbonyl (C=O) groups excluding carboxylic acids is 1. The quantitative estimate of drug-likeness (QED) is 0.568. The van der Waals surface area contributed by atoms with Gasteiger partial charge in [0.25, 0.3) is 5.91 Å². The van der Waals surface area contributed by atoms with Gasteiger partial charge >= 0.3 is 0 Å². The van der Waals surface area contributed by atoms with Crippen LogP contribution in [-0.4, -0.2) is 41.9 Å². The van der Waals surface area contributed by atoms with E-state index < -0.39 is 10.0 Å². The zero-order chi connectivity index (χ0) is 21.1. The molecule has 0 saturated carbocycles. The molecular formula is C20H19BrN4O4S. The molecule has 8 nitrogen and oxygen atoms in total. The number of rotatable bonds is 6. The minimum Gasteiger partial charge on any atom is -0.343 e. The van der Waals surface area contributed by atoms with E-state index in [-0.39, 0.29) is 23.2 Å². The molecule has 156 valence electrons. The van der Waals surface area contributed by atoms with E-state index in [0.29, 0.717) is 24.5 Å². The van der Waals surface area contributed by atoms with Gasteiger partial charge in [-0.15, -0.1) is 0 Å². The Balaban J connectivity index is 1.39. The van der Waals surface area contributed by atoms with Crippen LogP contribution in [0.15, 0.2) is 62.4 Å². The van der Waals surface area contributed by atoms with Gasteiger partial charge in [0.05, 0.1) is 11.4 Å². The van der Waals surface area contributed by atoms with Crippen LogP contribution >= 0.6 is 15.9 Å². The summed E-state index contributed by atoms with van der Waals surface area (Å²) in [5, 5.41) is 6.63. The van der Waals surface area contributed by atoms with Crippen LogP contribution < -0.4 is 5.32 Å². The van der Waals surface area contributed by atoms with Crippen molar-refractivity contribution in [3.8, 4) is 11.4 Å². The smallest absolute Gasteiger partial charge is 0.251 e. The molecule has 3 aromatic rings. The van der Waals surface area contributed by atoms with E-state index in [4.69, 9.17) is 4.52 Å². The van der Waals surface area contributed by atoms with Crippen molar-refractivity contribution in [2.24, 2.45) is 0 Å². The number of amides is 1. The molecule has 1 aromatic heterocycles. The lowest BCUT2D eigenvalue weighted by atomic mass is 10.2. The summed E-state index contributed by atoms with van der Waals surface area (Å²) in [6.45, 7) is 1.14. The van der Waals surface area contributed by atoms with Crippen LogP contribution in [0.1, 0.15) is 29.1 Å². The third-order valence-corrected chi connectivity index (χ3v) is 7.18. The van der Waals surface area contributed by atoms with E-state index in [9.17, 15) is 13.2 Å². The number of nitrogens with one attached hydrogen (secondary N) is 1. The number of halogens is 1. The van der Waals surface area contributed by atoms with Gasteiger partial charge in [0.1, 0.15) is 0 Å². The second-order valence-corrected chi connectivity index (χ2v) is 9.69. The molecule has 1 amide bonds. The Hall–Kier alpha value is -2.56. The molecule has 0 bridgehead atoms. The number of carbonyl (C=O) groups is 1. The third-order valence-electron chi connectivity index (χ3n) is 4.77. The van der Waals surface area contributed by atoms with Gasteiger partial charge < -0.3 is 9.84 Å². The largest absolute Gasteiger partial charge is 0.343 e. The Morgan fingerprint density at radius 3 is 2.57 bits per heavy atom. The van der Waals surface area contributed by atoms with Gasteiger partial charge in [-0.25, -0.2) is 8.42 Å². The standard InChI is InChI=1S/C20H19BrN4O4S/c21-16-5-3-4-15(12-16)19-23-18(29-24-19)13-22-20(26)14-6-8-17(9-7-14)30(27,28)25-10-1-2-11-25/h3-9,12H,1-2,10-11,13H2,(H,22,26). The van der Waals surface area contributed by atoms with E-state index in [1.807, 2.05) is 24.3 Å². The summed E-state index contributed by atoms with van der Waals surface area (Å²) in [6.07, 6.45) is 1.75. The monoisotopic (exact) mass is 490 g/mol. The Morgan fingerprint density at radius 1 is 1.13 bits per heavy atom. The third kappa shape index (κ3) is 4.45. The Bertz CT molecular complexity index is 1160.